The Hall–Kier alpha value is -0.180. The third-order valence-corrected chi connectivity index (χ3v) is 2.96. The zero-order chi connectivity index (χ0) is 11.4. The van der Waals surface area contributed by atoms with Crippen LogP contribution in [-0.4, -0.2) is 21.7 Å². The van der Waals surface area contributed by atoms with E-state index in [1.54, 1.807) is 13.8 Å². The summed E-state index contributed by atoms with van der Waals surface area (Å²) in [5.74, 6) is -0.348. The Morgan fingerprint density at radius 2 is 1.86 bits per heavy atom. The van der Waals surface area contributed by atoms with Crippen molar-refractivity contribution < 1.29 is 19.1 Å². The van der Waals surface area contributed by atoms with Crippen molar-refractivity contribution in [1.82, 2.24) is 0 Å². The topological polar surface area (TPSA) is 74.6 Å². The van der Waals surface area contributed by atoms with Crippen molar-refractivity contribution in [2.75, 3.05) is 6.16 Å². The molecule has 4 nitrogen and oxygen atoms in total. The summed E-state index contributed by atoms with van der Waals surface area (Å²) in [4.78, 5) is 28.8. The molecule has 0 aromatic rings. The van der Waals surface area contributed by atoms with E-state index in [1.807, 2.05) is 6.92 Å². The molecule has 0 aliphatic heterocycles. The molecule has 0 aromatic carbocycles. The van der Waals surface area contributed by atoms with Crippen LogP contribution in [-0.2, 0) is 9.36 Å². The van der Waals surface area contributed by atoms with Gasteiger partial charge in [-0.05, 0) is 6.42 Å². The van der Waals surface area contributed by atoms with Gasteiger partial charge in [0.1, 0.15) is 11.9 Å². The summed E-state index contributed by atoms with van der Waals surface area (Å²) in [7, 11) is -4.20. The Morgan fingerprint density at radius 1 is 1.36 bits per heavy atom. The second kappa shape index (κ2) is 5.06. The minimum absolute atomic E-state index is 0.348. The van der Waals surface area contributed by atoms with Crippen LogP contribution in [0.1, 0.15) is 40.0 Å². The predicted octanol–water partition coefficient (Wildman–Crippen LogP) is 1.95. The van der Waals surface area contributed by atoms with E-state index in [2.05, 4.69) is 0 Å². The molecular weight excluding hydrogens is 203 g/mol. The van der Waals surface area contributed by atoms with Crippen molar-refractivity contribution in [1.29, 1.82) is 0 Å². The van der Waals surface area contributed by atoms with Crippen LogP contribution in [0.3, 0.4) is 0 Å². The molecule has 0 atom stereocenters. The first-order valence-electron chi connectivity index (χ1n) is 4.77. The van der Waals surface area contributed by atoms with Crippen molar-refractivity contribution in [3.05, 3.63) is 0 Å². The molecule has 0 aromatic heterocycles. The third-order valence-electron chi connectivity index (χ3n) is 2.26. The van der Waals surface area contributed by atoms with E-state index in [0.717, 1.165) is 12.8 Å². The van der Waals surface area contributed by atoms with Gasteiger partial charge in [-0.15, -0.1) is 0 Å². The Bertz CT molecular complexity index is 241. The first kappa shape index (κ1) is 13.8. The fraction of sp³-hybridized carbons (Fsp3) is 0.889. The van der Waals surface area contributed by atoms with Crippen LogP contribution in [0, 0.1) is 5.41 Å². The lowest BCUT2D eigenvalue weighted by Crippen LogP contribution is -2.27. The number of ketones is 1. The molecule has 0 aliphatic rings. The smallest absolute Gasteiger partial charge is 0.324 e. The summed E-state index contributed by atoms with van der Waals surface area (Å²) in [5.41, 5.74) is -0.614. The van der Waals surface area contributed by atoms with Crippen molar-refractivity contribution in [3.8, 4) is 0 Å². The SMILES string of the molecule is CCCCC(C)(C)C(=O)CP(=O)(O)O. The molecule has 0 heterocycles. The normalized spacial score (nSPS) is 12.9. The van der Waals surface area contributed by atoms with Gasteiger partial charge in [-0.3, -0.25) is 9.36 Å². The molecule has 0 bridgehead atoms. The van der Waals surface area contributed by atoms with Gasteiger partial charge < -0.3 is 9.79 Å². The maximum atomic E-state index is 11.5. The second-order valence-corrected chi connectivity index (χ2v) is 5.88. The highest BCUT2D eigenvalue weighted by molar-refractivity contribution is 7.52. The molecule has 14 heavy (non-hydrogen) atoms. The Labute approximate surface area is 84.9 Å². The molecule has 0 spiro atoms. The Morgan fingerprint density at radius 3 is 2.21 bits per heavy atom. The molecular formula is C9H19O4P. The van der Waals surface area contributed by atoms with Gasteiger partial charge in [0.15, 0.2) is 0 Å². The number of carbonyl (C=O) groups excluding carboxylic acids is 1. The number of rotatable bonds is 6. The largest absolute Gasteiger partial charge is 0.332 e. The van der Waals surface area contributed by atoms with Gasteiger partial charge in [-0.2, -0.15) is 0 Å². The molecule has 0 saturated carbocycles. The maximum Gasteiger partial charge on any atom is 0.332 e. The minimum Gasteiger partial charge on any atom is -0.324 e. The van der Waals surface area contributed by atoms with E-state index in [-0.39, 0.29) is 5.78 Å². The fourth-order valence-electron chi connectivity index (χ4n) is 1.16. The van der Waals surface area contributed by atoms with Gasteiger partial charge in [-0.25, -0.2) is 0 Å². The zero-order valence-electron chi connectivity index (χ0n) is 8.99. The van der Waals surface area contributed by atoms with Crippen LogP contribution in [0.4, 0.5) is 0 Å². The highest BCUT2D eigenvalue weighted by Gasteiger charge is 2.31. The second-order valence-electron chi connectivity index (χ2n) is 4.23. The lowest BCUT2D eigenvalue weighted by molar-refractivity contribution is -0.125. The van der Waals surface area contributed by atoms with Crippen molar-refractivity contribution in [2.24, 2.45) is 5.41 Å². The van der Waals surface area contributed by atoms with Crippen molar-refractivity contribution in [3.63, 3.8) is 0 Å². The molecule has 84 valence electrons. The Kier molecular flexibility index (Phi) is 4.99. The number of carbonyl (C=O) groups is 1. The first-order valence-corrected chi connectivity index (χ1v) is 6.56. The zero-order valence-corrected chi connectivity index (χ0v) is 9.88. The number of hydrogen-bond acceptors (Lipinski definition) is 2. The predicted molar refractivity (Wildman–Crippen MR) is 55.2 cm³/mol. The minimum atomic E-state index is -4.20. The van der Waals surface area contributed by atoms with Gasteiger partial charge in [-0.1, -0.05) is 33.6 Å². The van der Waals surface area contributed by atoms with E-state index in [1.165, 1.54) is 0 Å². The van der Waals surface area contributed by atoms with E-state index in [4.69, 9.17) is 9.79 Å². The molecule has 5 heteroatoms. The number of Topliss-reactive ketones (excluding diaryl/α,β-unsaturated/α-hetero) is 1. The van der Waals surface area contributed by atoms with E-state index in [0.29, 0.717) is 6.42 Å². The van der Waals surface area contributed by atoms with Crippen LogP contribution in [0.15, 0.2) is 0 Å². The van der Waals surface area contributed by atoms with E-state index >= 15 is 0 Å². The van der Waals surface area contributed by atoms with E-state index < -0.39 is 19.2 Å². The van der Waals surface area contributed by atoms with Crippen LogP contribution in [0.2, 0.25) is 0 Å². The fourth-order valence-corrected chi connectivity index (χ4v) is 1.96. The standard InChI is InChI=1S/C9H19O4P/c1-4-5-6-9(2,3)8(10)7-14(11,12)13/h4-7H2,1-3H3,(H2,11,12,13). The van der Waals surface area contributed by atoms with Crippen LogP contribution < -0.4 is 0 Å². The summed E-state index contributed by atoms with van der Waals surface area (Å²) in [5, 5.41) is 0. The van der Waals surface area contributed by atoms with Gasteiger partial charge in [0.05, 0.1) is 0 Å². The summed E-state index contributed by atoms with van der Waals surface area (Å²) in [6.45, 7) is 5.49. The maximum absolute atomic E-state index is 11.5. The first-order chi connectivity index (χ1) is 6.19. The van der Waals surface area contributed by atoms with Gasteiger partial charge in [0.25, 0.3) is 0 Å². The number of hydrogen-bond donors (Lipinski definition) is 2. The van der Waals surface area contributed by atoms with Crippen LogP contribution in [0.5, 0.6) is 0 Å². The van der Waals surface area contributed by atoms with Gasteiger partial charge in [0.2, 0.25) is 0 Å². The molecule has 0 radical (unpaired) electrons. The molecule has 0 saturated heterocycles. The highest BCUT2D eigenvalue weighted by Crippen LogP contribution is 2.38. The summed E-state index contributed by atoms with van der Waals surface area (Å²) >= 11 is 0. The monoisotopic (exact) mass is 222 g/mol. The summed E-state index contributed by atoms with van der Waals surface area (Å²) in [6.07, 6.45) is 1.93. The summed E-state index contributed by atoms with van der Waals surface area (Å²) in [6, 6.07) is 0. The molecule has 0 aliphatic carbocycles. The van der Waals surface area contributed by atoms with Crippen molar-refractivity contribution >= 4 is 13.4 Å². The van der Waals surface area contributed by atoms with E-state index in [9.17, 15) is 9.36 Å². The molecule has 0 unspecified atom stereocenters. The van der Waals surface area contributed by atoms with Crippen LogP contribution >= 0.6 is 7.60 Å². The average Bonchev–Trinajstić information content (AvgIpc) is 1.97. The quantitative estimate of drug-likeness (QED) is 0.673. The average molecular weight is 222 g/mol. The third kappa shape index (κ3) is 5.53. The molecule has 0 fully saturated rings. The molecule has 0 amide bonds. The van der Waals surface area contributed by atoms with Gasteiger partial charge in [0, 0.05) is 5.41 Å². The van der Waals surface area contributed by atoms with Gasteiger partial charge >= 0.3 is 7.60 Å². The lowest BCUT2D eigenvalue weighted by atomic mass is 9.83. The molecule has 2 N–H and O–H groups in total. The lowest BCUT2D eigenvalue weighted by Gasteiger charge is -2.22. The molecule has 0 rings (SSSR count). The highest BCUT2D eigenvalue weighted by atomic mass is 31.2. The number of unbranched alkanes of at least 4 members (excludes halogenated alkanes) is 1. The Balaban J connectivity index is 4.28. The summed E-state index contributed by atoms with van der Waals surface area (Å²) < 4.78 is 10.6. The van der Waals surface area contributed by atoms with Crippen LogP contribution in [0.25, 0.3) is 0 Å². The van der Waals surface area contributed by atoms with Crippen molar-refractivity contribution in [2.45, 2.75) is 40.0 Å².